The molecule has 17 heavy (non-hydrogen) atoms. The number of ether oxygens (including phenoxy) is 1. The fourth-order valence-corrected chi connectivity index (χ4v) is 1.91. The topological polar surface area (TPSA) is 21.3 Å². The molecule has 1 N–H and O–H groups in total. The molecule has 0 rings (SSSR count). The third-order valence-corrected chi connectivity index (χ3v) is 3.07. The average molecular weight is 243 g/mol. The van der Waals surface area contributed by atoms with E-state index >= 15 is 0 Å². The lowest BCUT2D eigenvalue weighted by molar-refractivity contribution is 0.109. The summed E-state index contributed by atoms with van der Waals surface area (Å²) < 4.78 is 5.70. The van der Waals surface area contributed by atoms with Crippen molar-refractivity contribution in [3.05, 3.63) is 0 Å². The van der Waals surface area contributed by atoms with Gasteiger partial charge in [-0.3, -0.25) is 0 Å². The van der Waals surface area contributed by atoms with Crippen molar-refractivity contribution in [1.29, 1.82) is 0 Å². The molecule has 0 saturated carbocycles. The second-order valence-corrected chi connectivity index (χ2v) is 5.44. The Morgan fingerprint density at radius 2 is 1.65 bits per heavy atom. The summed E-state index contributed by atoms with van der Waals surface area (Å²) in [7, 11) is 0. The molecule has 0 aromatic rings. The van der Waals surface area contributed by atoms with Crippen LogP contribution >= 0.6 is 0 Å². The van der Waals surface area contributed by atoms with Gasteiger partial charge in [-0.05, 0) is 50.6 Å². The smallest absolute Gasteiger partial charge is 0.0469 e. The summed E-state index contributed by atoms with van der Waals surface area (Å²) in [5, 5.41) is 3.52. The standard InChI is InChI=1S/C15H33NO/c1-5-7-15(13-16-10-6-2)9-12-17-11-8-14(3)4/h14-16H,5-13H2,1-4H3. The van der Waals surface area contributed by atoms with Gasteiger partial charge in [0.1, 0.15) is 0 Å². The summed E-state index contributed by atoms with van der Waals surface area (Å²) in [4.78, 5) is 0. The van der Waals surface area contributed by atoms with E-state index in [1.54, 1.807) is 0 Å². The van der Waals surface area contributed by atoms with E-state index in [9.17, 15) is 0 Å². The first-order valence-corrected chi connectivity index (χ1v) is 7.49. The van der Waals surface area contributed by atoms with E-state index in [2.05, 4.69) is 33.0 Å². The molecule has 2 nitrogen and oxygen atoms in total. The van der Waals surface area contributed by atoms with Gasteiger partial charge in [0, 0.05) is 13.2 Å². The Labute approximate surface area is 109 Å². The fourth-order valence-electron chi connectivity index (χ4n) is 1.91. The molecule has 0 aromatic carbocycles. The monoisotopic (exact) mass is 243 g/mol. The van der Waals surface area contributed by atoms with Crippen LogP contribution in [0.2, 0.25) is 0 Å². The van der Waals surface area contributed by atoms with Gasteiger partial charge in [-0.1, -0.05) is 34.1 Å². The van der Waals surface area contributed by atoms with Crippen LogP contribution in [0, 0.1) is 11.8 Å². The highest BCUT2D eigenvalue weighted by Crippen LogP contribution is 2.10. The van der Waals surface area contributed by atoms with Crippen LogP contribution in [0.3, 0.4) is 0 Å². The first kappa shape index (κ1) is 16.9. The van der Waals surface area contributed by atoms with Gasteiger partial charge >= 0.3 is 0 Å². The van der Waals surface area contributed by atoms with Crippen LogP contribution in [-0.2, 0) is 4.74 Å². The predicted octanol–water partition coefficient (Wildman–Crippen LogP) is 3.86. The van der Waals surface area contributed by atoms with Gasteiger partial charge in [0.25, 0.3) is 0 Å². The Kier molecular flexibility index (Phi) is 12.3. The largest absolute Gasteiger partial charge is 0.381 e. The van der Waals surface area contributed by atoms with E-state index in [1.165, 1.54) is 32.1 Å². The summed E-state index contributed by atoms with van der Waals surface area (Å²) >= 11 is 0. The van der Waals surface area contributed by atoms with E-state index in [0.29, 0.717) is 0 Å². The van der Waals surface area contributed by atoms with Crippen molar-refractivity contribution in [2.24, 2.45) is 11.8 Å². The van der Waals surface area contributed by atoms with E-state index in [0.717, 1.165) is 38.1 Å². The Bertz CT molecular complexity index is 148. The Balaban J connectivity index is 3.48. The van der Waals surface area contributed by atoms with E-state index in [4.69, 9.17) is 4.74 Å². The van der Waals surface area contributed by atoms with Gasteiger partial charge in [0.05, 0.1) is 0 Å². The maximum atomic E-state index is 5.70. The third kappa shape index (κ3) is 12.2. The molecular weight excluding hydrogens is 210 g/mol. The second kappa shape index (κ2) is 12.4. The first-order chi connectivity index (χ1) is 8.20. The van der Waals surface area contributed by atoms with Gasteiger partial charge in [-0.25, -0.2) is 0 Å². The van der Waals surface area contributed by atoms with Crippen molar-refractivity contribution in [2.45, 2.75) is 59.8 Å². The van der Waals surface area contributed by atoms with Crippen molar-refractivity contribution < 1.29 is 4.74 Å². The molecular formula is C15H33NO. The molecule has 0 saturated heterocycles. The normalized spacial score (nSPS) is 13.2. The van der Waals surface area contributed by atoms with Crippen LogP contribution in [0.25, 0.3) is 0 Å². The molecule has 0 aliphatic heterocycles. The molecule has 1 unspecified atom stereocenters. The molecule has 0 aliphatic rings. The van der Waals surface area contributed by atoms with E-state index < -0.39 is 0 Å². The Morgan fingerprint density at radius 1 is 0.941 bits per heavy atom. The average Bonchev–Trinajstić information content (AvgIpc) is 2.28. The van der Waals surface area contributed by atoms with Crippen LogP contribution in [0.4, 0.5) is 0 Å². The highest BCUT2D eigenvalue weighted by Gasteiger charge is 2.07. The molecule has 0 radical (unpaired) electrons. The Hall–Kier alpha value is -0.0800. The molecule has 0 aliphatic carbocycles. The molecule has 1 atom stereocenters. The van der Waals surface area contributed by atoms with Crippen molar-refractivity contribution in [3.8, 4) is 0 Å². The molecule has 0 fully saturated rings. The molecule has 104 valence electrons. The quantitative estimate of drug-likeness (QED) is 0.526. The highest BCUT2D eigenvalue weighted by molar-refractivity contribution is 4.62. The molecule has 0 heterocycles. The zero-order valence-electron chi connectivity index (χ0n) is 12.4. The van der Waals surface area contributed by atoms with Gasteiger partial charge in [-0.2, -0.15) is 0 Å². The Morgan fingerprint density at radius 3 is 2.24 bits per heavy atom. The van der Waals surface area contributed by atoms with Gasteiger partial charge in [0.15, 0.2) is 0 Å². The lowest BCUT2D eigenvalue weighted by Gasteiger charge is -2.17. The van der Waals surface area contributed by atoms with Gasteiger partial charge in [0.2, 0.25) is 0 Å². The zero-order valence-corrected chi connectivity index (χ0v) is 12.4. The number of rotatable bonds is 12. The van der Waals surface area contributed by atoms with Crippen molar-refractivity contribution in [2.75, 3.05) is 26.3 Å². The predicted molar refractivity (Wildman–Crippen MR) is 76.4 cm³/mol. The fraction of sp³-hybridized carbons (Fsp3) is 1.00. The van der Waals surface area contributed by atoms with Crippen LogP contribution in [-0.4, -0.2) is 26.3 Å². The molecule has 0 amide bonds. The van der Waals surface area contributed by atoms with Gasteiger partial charge in [-0.15, -0.1) is 0 Å². The SMILES string of the molecule is CCCNCC(CCC)CCOCCC(C)C. The molecule has 0 spiro atoms. The lowest BCUT2D eigenvalue weighted by atomic mass is 10.0. The number of hydrogen-bond donors (Lipinski definition) is 1. The summed E-state index contributed by atoms with van der Waals surface area (Å²) in [6, 6.07) is 0. The maximum Gasteiger partial charge on any atom is 0.0469 e. The van der Waals surface area contributed by atoms with Crippen LogP contribution < -0.4 is 5.32 Å². The molecule has 0 bridgehead atoms. The van der Waals surface area contributed by atoms with Crippen molar-refractivity contribution >= 4 is 0 Å². The minimum atomic E-state index is 0.757. The van der Waals surface area contributed by atoms with Crippen molar-refractivity contribution in [1.82, 2.24) is 5.32 Å². The molecule has 0 aromatic heterocycles. The van der Waals surface area contributed by atoms with Crippen LogP contribution in [0.1, 0.15) is 59.8 Å². The summed E-state index contributed by atoms with van der Waals surface area (Å²) in [5.41, 5.74) is 0. The van der Waals surface area contributed by atoms with Crippen LogP contribution in [0.5, 0.6) is 0 Å². The lowest BCUT2D eigenvalue weighted by Crippen LogP contribution is -2.24. The minimum absolute atomic E-state index is 0.757. The van der Waals surface area contributed by atoms with E-state index in [-0.39, 0.29) is 0 Å². The summed E-state index contributed by atoms with van der Waals surface area (Å²) in [6.45, 7) is 13.2. The van der Waals surface area contributed by atoms with Gasteiger partial charge < -0.3 is 10.1 Å². The highest BCUT2D eigenvalue weighted by atomic mass is 16.5. The summed E-state index contributed by atoms with van der Waals surface area (Å²) in [6.07, 6.45) is 6.23. The first-order valence-electron chi connectivity index (χ1n) is 7.49. The second-order valence-electron chi connectivity index (χ2n) is 5.44. The minimum Gasteiger partial charge on any atom is -0.381 e. The third-order valence-electron chi connectivity index (χ3n) is 3.07. The maximum absolute atomic E-state index is 5.70. The molecule has 2 heteroatoms. The van der Waals surface area contributed by atoms with Crippen LogP contribution in [0.15, 0.2) is 0 Å². The number of nitrogens with one attached hydrogen (secondary N) is 1. The number of hydrogen-bond acceptors (Lipinski definition) is 2. The zero-order chi connectivity index (χ0) is 12.9. The summed E-state index contributed by atoms with van der Waals surface area (Å²) in [5.74, 6) is 1.55. The van der Waals surface area contributed by atoms with Crippen molar-refractivity contribution in [3.63, 3.8) is 0 Å². The van der Waals surface area contributed by atoms with E-state index in [1.807, 2.05) is 0 Å².